The zero-order valence-electron chi connectivity index (χ0n) is 16.8. The van der Waals surface area contributed by atoms with Gasteiger partial charge in [0.05, 0.1) is 6.61 Å². The summed E-state index contributed by atoms with van der Waals surface area (Å²) in [5.74, 6) is -5.57. The lowest BCUT2D eigenvalue weighted by Gasteiger charge is -2.21. The number of nitrogens with zero attached hydrogens (tertiary/aromatic N) is 5. The predicted molar refractivity (Wildman–Crippen MR) is 107 cm³/mol. The second-order valence-corrected chi connectivity index (χ2v) is 7.34. The van der Waals surface area contributed by atoms with Crippen molar-refractivity contribution in [3.63, 3.8) is 0 Å². The Morgan fingerprint density at radius 2 is 1.79 bits per heavy atom. The molecule has 5 rings (SSSR count). The van der Waals surface area contributed by atoms with Gasteiger partial charge in [-0.1, -0.05) is 0 Å². The second kappa shape index (κ2) is 7.45. The van der Waals surface area contributed by atoms with Gasteiger partial charge in [-0.15, -0.1) is 10.2 Å². The Morgan fingerprint density at radius 1 is 1.00 bits per heavy atom. The van der Waals surface area contributed by atoms with E-state index in [1.54, 1.807) is 0 Å². The van der Waals surface area contributed by atoms with Gasteiger partial charge < -0.3 is 14.6 Å². The first-order valence-electron chi connectivity index (χ1n) is 9.57. The highest BCUT2D eigenvalue weighted by molar-refractivity contribution is 5.95. The van der Waals surface area contributed by atoms with E-state index in [4.69, 9.17) is 4.42 Å². The van der Waals surface area contributed by atoms with Crippen LogP contribution in [0.3, 0.4) is 0 Å². The average molecular weight is 477 g/mol. The SMILES string of the molecule is OCc1cc(O)cc(-c2cc(C(F)(F)C(F)(F)F)nc3c2ccc2nc(-c4nnco4)cn23)c1. The van der Waals surface area contributed by atoms with E-state index in [-0.39, 0.29) is 50.7 Å². The molecule has 13 heteroatoms. The van der Waals surface area contributed by atoms with Crippen LogP contribution in [-0.4, -0.2) is 41.0 Å². The van der Waals surface area contributed by atoms with Crippen LogP contribution in [0.1, 0.15) is 11.3 Å². The molecule has 0 spiro atoms. The topological polar surface area (TPSA) is 110 Å². The van der Waals surface area contributed by atoms with Crippen LogP contribution in [0, 0.1) is 0 Å². The number of phenols is 1. The first kappa shape index (κ1) is 21.7. The summed E-state index contributed by atoms with van der Waals surface area (Å²) in [6.45, 7) is -0.491. The average Bonchev–Trinajstić information content (AvgIpc) is 3.46. The van der Waals surface area contributed by atoms with Gasteiger partial charge in [0.1, 0.15) is 28.4 Å². The van der Waals surface area contributed by atoms with E-state index in [1.165, 1.54) is 40.9 Å². The van der Waals surface area contributed by atoms with E-state index >= 15 is 0 Å². The fraction of sp³-hybridized carbons (Fsp3) is 0.143. The molecule has 2 N–H and O–H groups in total. The Morgan fingerprint density at radius 3 is 2.47 bits per heavy atom. The van der Waals surface area contributed by atoms with E-state index in [1.807, 2.05) is 0 Å². The first-order chi connectivity index (χ1) is 16.1. The fourth-order valence-corrected chi connectivity index (χ4v) is 3.58. The van der Waals surface area contributed by atoms with Gasteiger partial charge >= 0.3 is 12.1 Å². The van der Waals surface area contributed by atoms with Gasteiger partial charge in [-0.05, 0) is 53.1 Å². The molecule has 0 aliphatic heterocycles. The Hall–Kier alpha value is -4.13. The summed E-state index contributed by atoms with van der Waals surface area (Å²) in [6, 6.07) is 7.37. The predicted octanol–water partition coefficient (Wildman–Crippen LogP) is 4.45. The van der Waals surface area contributed by atoms with Gasteiger partial charge in [0, 0.05) is 11.6 Å². The highest BCUT2D eigenvalue weighted by Gasteiger charge is 2.60. The number of aliphatic hydroxyl groups excluding tert-OH is 1. The summed E-state index contributed by atoms with van der Waals surface area (Å²) in [4.78, 5) is 7.90. The summed E-state index contributed by atoms with van der Waals surface area (Å²) in [5.41, 5.74) is -1.19. The number of benzene rings is 1. The number of aromatic hydroxyl groups is 1. The number of aliphatic hydroxyl groups is 1. The smallest absolute Gasteiger partial charge is 0.459 e. The monoisotopic (exact) mass is 477 g/mol. The minimum absolute atomic E-state index is 0.00872. The van der Waals surface area contributed by atoms with Crippen molar-refractivity contribution < 1.29 is 36.6 Å². The molecule has 0 radical (unpaired) electrons. The van der Waals surface area contributed by atoms with Crippen molar-refractivity contribution in [3.05, 3.63) is 60.2 Å². The number of alkyl halides is 5. The summed E-state index contributed by atoms with van der Waals surface area (Å²) >= 11 is 0. The summed E-state index contributed by atoms with van der Waals surface area (Å²) < 4.78 is 74.8. The number of halogens is 5. The highest BCUT2D eigenvalue weighted by Crippen LogP contribution is 2.45. The van der Waals surface area contributed by atoms with Gasteiger partial charge in [0.15, 0.2) is 0 Å². The Balaban J connectivity index is 1.86. The number of imidazole rings is 1. The minimum Gasteiger partial charge on any atom is -0.508 e. The zero-order chi connectivity index (χ0) is 24.3. The molecule has 0 unspecified atom stereocenters. The molecule has 0 bridgehead atoms. The standard InChI is InChI=1S/C21H12F5N5O3/c22-20(23,21(24,25)26)16-6-14(11-3-10(8-32)4-12(33)5-11)13-1-2-17-28-15(19-30-27-9-34-19)7-31(17)18(13)29-16/h1-7,9,32-33H,8H2. The summed E-state index contributed by atoms with van der Waals surface area (Å²) in [6.07, 6.45) is -3.53. The molecule has 0 aliphatic rings. The molecule has 0 saturated heterocycles. The van der Waals surface area contributed by atoms with Crippen LogP contribution >= 0.6 is 0 Å². The second-order valence-electron chi connectivity index (χ2n) is 7.34. The van der Waals surface area contributed by atoms with E-state index in [0.29, 0.717) is 6.07 Å². The molecule has 1 aromatic carbocycles. The maximum absolute atomic E-state index is 14.4. The highest BCUT2D eigenvalue weighted by atomic mass is 19.4. The third-order valence-electron chi connectivity index (χ3n) is 5.13. The number of phenolic OH excluding ortho intramolecular Hbond substituents is 1. The van der Waals surface area contributed by atoms with Crippen molar-refractivity contribution in [1.82, 2.24) is 24.6 Å². The number of aromatic nitrogens is 5. The van der Waals surface area contributed by atoms with Crippen molar-refractivity contribution in [1.29, 1.82) is 0 Å². The van der Waals surface area contributed by atoms with Crippen molar-refractivity contribution in [3.8, 4) is 28.5 Å². The van der Waals surface area contributed by atoms with Crippen LogP contribution in [0.15, 0.2) is 53.4 Å². The van der Waals surface area contributed by atoms with Gasteiger partial charge in [0.25, 0.3) is 5.89 Å². The van der Waals surface area contributed by atoms with Crippen LogP contribution in [-0.2, 0) is 12.5 Å². The summed E-state index contributed by atoms with van der Waals surface area (Å²) in [7, 11) is 0. The maximum atomic E-state index is 14.4. The van der Waals surface area contributed by atoms with Gasteiger partial charge in [-0.3, -0.25) is 4.40 Å². The van der Waals surface area contributed by atoms with E-state index in [2.05, 4.69) is 20.2 Å². The fourth-order valence-electron chi connectivity index (χ4n) is 3.58. The molecule has 174 valence electrons. The molecule has 5 aromatic rings. The van der Waals surface area contributed by atoms with E-state index in [0.717, 1.165) is 6.39 Å². The van der Waals surface area contributed by atoms with Crippen LogP contribution in [0.4, 0.5) is 22.0 Å². The molecule has 8 nitrogen and oxygen atoms in total. The Labute approximate surface area is 185 Å². The lowest BCUT2D eigenvalue weighted by atomic mass is 9.98. The quantitative estimate of drug-likeness (QED) is 0.368. The third-order valence-corrected chi connectivity index (χ3v) is 5.13. The normalized spacial score (nSPS) is 12.6. The molecule has 4 heterocycles. The zero-order valence-corrected chi connectivity index (χ0v) is 16.8. The Kier molecular flexibility index (Phi) is 4.75. The lowest BCUT2D eigenvalue weighted by molar-refractivity contribution is -0.290. The largest absolute Gasteiger partial charge is 0.508 e. The van der Waals surface area contributed by atoms with Crippen LogP contribution in [0.25, 0.3) is 39.4 Å². The number of pyridine rings is 2. The molecule has 4 aromatic heterocycles. The van der Waals surface area contributed by atoms with Gasteiger partial charge in [0.2, 0.25) is 6.39 Å². The number of hydrogen-bond donors (Lipinski definition) is 2. The van der Waals surface area contributed by atoms with E-state index in [9.17, 15) is 32.2 Å². The van der Waals surface area contributed by atoms with Crippen molar-refractivity contribution in [2.45, 2.75) is 18.7 Å². The molecular formula is C21H12F5N5O3. The van der Waals surface area contributed by atoms with Crippen LogP contribution in [0.2, 0.25) is 0 Å². The van der Waals surface area contributed by atoms with Crippen LogP contribution in [0.5, 0.6) is 5.75 Å². The van der Waals surface area contributed by atoms with E-state index < -0.39 is 24.4 Å². The van der Waals surface area contributed by atoms with Crippen molar-refractivity contribution in [2.24, 2.45) is 0 Å². The number of hydrogen-bond acceptors (Lipinski definition) is 7. The molecule has 34 heavy (non-hydrogen) atoms. The molecular weight excluding hydrogens is 465 g/mol. The maximum Gasteiger partial charge on any atom is 0.459 e. The number of fused-ring (bicyclic) bond motifs is 3. The summed E-state index contributed by atoms with van der Waals surface area (Å²) in [5, 5.41) is 26.9. The molecule has 0 fully saturated rings. The van der Waals surface area contributed by atoms with Crippen molar-refractivity contribution >= 4 is 16.7 Å². The first-order valence-corrected chi connectivity index (χ1v) is 9.57. The molecule has 0 saturated carbocycles. The van der Waals surface area contributed by atoms with Crippen molar-refractivity contribution in [2.75, 3.05) is 0 Å². The van der Waals surface area contributed by atoms with Gasteiger partial charge in [-0.2, -0.15) is 22.0 Å². The lowest BCUT2D eigenvalue weighted by Crippen LogP contribution is -2.34. The molecule has 0 atom stereocenters. The van der Waals surface area contributed by atoms with Gasteiger partial charge in [-0.25, -0.2) is 9.97 Å². The Bertz CT molecular complexity index is 1530. The molecule has 0 aliphatic carbocycles. The molecule has 0 amide bonds. The minimum atomic E-state index is -5.90. The number of rotatable bonds is 4. The third kappa shape index (κ3) is 3.41. The van der Waals surface area contributed by atoms with Crippen LogP contribution < -0.4 is 0 Å².